The Morgan fingerprint density at radius 2 is 2.06 bits per heavy atom. The summed E-state index contributed by atoms with van der Waals surface area (Å²) in [5.41, 5.74) is 1.17. The number of carbonyl (C=O) groups excluding carboxylic acids is 1. The Hall–Kier alpha value is -1.57. The van der Waals surface area contributed by atoms with Crippen LogP contribution in [0.4, 0.5) is 0 Å². The van der Waals surface area contributed by atoms with E-state index in [2.05, 4.69) is 33.0 Å². The lowest BCUT2D eigenvalue weighted by molar-refractivity contribution is 0.0950. The van der Waals surface area contributed by atoms with E-state index in [1.807, 2.05) is 12.1 Å². The first-order valence-corrected chi connectivity index (χ1v) is 6.43. The van der Waals surface area contributed by atoms with Crippen LogP contribution in [-0.4, -0.2) is 15.7 Å². The molecule has 0 bridgehead atoms. The van der Waals surface area contributed by atoms with Crippen LogP contribution in [0.3, 0.4) is 0 Å². The minimum Gasteiger partial charge on any atom is -0.346 e. The Morgan fingerprint density at radius 3 is 2.61 bits per heavy atom. The highest BCUT2D eigenvalue weighted by molar-refractivity contribution is 14.1. The van der Waals surface area contributed by atoms with Gasteiger partial charge in [-0.05, 0) is 46.9 Å². The Bertz CT molecular complexity index is 613. The third-order valence-electron chi connectivity index (χ3n) is 2.49. The fourth-order valence-electron chi connectivity index (χ4n) is 1.52. The van der Waals surface area contributed by atoms with Crippen LogP contribution in [0, 0.1) is 3.57 Å². The van der Waals surface area contributed by atoms with Gasteiger partial charge in [0.05, 0.1) is 12.2 Å². The predicted octanol–water partition coefficient (Wildman–Crippen LogP) is 1.25. The molecule has 2 N–H and O–H groups in total. The van der Waals surface area contributed by atoms with Crippen molar-refractivity contribution in [3.8, 4) is 0 Å². The first-order valence-electron chi connectivity index (χ1n) is 5.35. The highest BCUT2D eigenvalue weighted by atomic mass is 127. The summed E-state index contributed by atoms with van der Waals surface area (Å²) in [5, 5.41) is 5.60. The minimum atomic E-state index is -0.156. The average molecular weight is 357 g/mol. The van der Waals surface area contributed by atoms with E-state index in [4.69, 9.17) is 0 Å². The van der Waals surface area contributed by atoms with Crippen LogP contribution in [0.5, 0.6) is 0 Å². The topological polar surface area (TPSA) is 66.9 Å². The molecule has 2 rings (SSSR count). The summed E-state index contributed by atoms with van der Waals surface area (Å²) in [4.78, 5) is 23.0. The van der Waals surface area contributed by atoms with E-state index in [1.165, 1.54) is 10.7 Å². The number of rotatable bonds is 3. The maximum absolute atomic E-state index is 11.8. The molecule has 1 amide bonds. The van der Waals surface area contributed by atoms with Crippen molar-refractivity contribution in [3.63, 3.8) is 0 Å². The summed E-state index contributed by atoms with van der Waals surface area (Å²) in [5.74, 6) is -0.156. The molecule has 0 aliphatic carbocycles. The number of hydrogen-bond acceptors (Lipinski definition) is 2. The van der Waals surface area contributed by atoms with Gasteiger partial charge in [-0.15, -0.1) is 0 Å². The summed E-state index contributed by atoms with van der Waals surface area (Å²) >= 11 is 2.18. The van der Waals surface area contributed by atoms with E-state index >= 15 is 0 Å². The normalized spacial score (nSPS) is 10.3. The highest BCUT2D eigenvalue weighted by Crippen LogP contribution is 2.06. The van der Waals surface area contributed by atoms with Gasteiger partial charge in [0.15, 0.2) is 0 Å². The number of nitrogens with zero attached hydrogens (tertiary/aromatic N) is 1. The second-order valence-electron chi connectivity index (χ2n) is 3.87. The largest absolute Gasteiger partial charge is 0.346 e. The summed E-state index contributed by atoms with van der Waals surface area (Å²) in [6.07, 6.45) is 0. The lowest BCUT2D eigenvalue weighted by Crippen LogP contribution is -2.23. The van der Waals surface area contributed by atoms with E-state index in [9.17, 15) is 9.59 Å². The highest BCUT2D eigenvalue weighted by Gasteiger charge is 2.06. The number of benzene rings is 1. The van der Waals surface area contributed by atoms with E-state index in [0.29, 0.717) is 17.8 Å². The third kappa shape index (κ3) is 3.00. The molecule has 0 saturated heterocycles. The standard InChI is InChI=1S/C12H12IN3O2/c1-16-11(17)6-10(15-16)7-14-12(18)8-2-4-9(13)5-3-8/h2-6,15H,7H2,1H3,(H,14,18). The predicted molar refractivity (Wildman–Crippen MR) is 76.4 cm³/mol. The van der Waals surface area contributed by atoms with Gasteiger partial charge in [0.1, 0.15) is 0 Å². The lowest BCUT2D eigenvalue weighted by Gasteiger charge is -2.03. The zero-order valence-electron chi connectivity index (χ0n) is 9.74. The molecule has 0 fully saturated rings. The fourth-order valence-corrected chi connectivity index (χ4v) is 1.88. The van der Waals surface area contributed by atoms with Crippen LogP contribution in [0.25, 0.3) is 0 Å². The number of hydrogen-bond donors (Lipinski definition) is 2. The second-order valence-corrected chi connectivity index (χ2v) is 5.11. The number of aromatic amines is 1. The molecular weight excluding hydrogens is 345 g/mol. The Balaban J connectivity index is 2.00. The van der Waals surface area contributed by atoms with E-state index in [1.54, 1.807) is 19.2 Å². The monoisotopic (exact) mass is 357 g/mol. The lowest BCUT2D eigenvalue weighted by atomic mass is 10.2. The number of nitrogens with one attached hydrogen (secondary N) is 2. The van der Waals surface area contributed by atoms with Crippen LogP contribution in [-0.2, 0) is 13.6 Å². The number of amides is 1. The SMILES string of the molecule is Cn1[nH]c(CNC(=O)c2ccc(I)cc2)cc1=O. The second kappa shape index (κ2) is 5.38. The Morgan fingerprint density at radius 1 is 1.39 bits per heavy atom. The van der Waals surface area contributed by atoms with Gasteiger partial charge in [0.25, 0.3) is 11.5 Å². The van der Waals surface area contributed by atoms with Gasteiger partial charge in [-0.3, -0.25) is 19.4 Å². The maximum atomic E-state index is 11.8. The van der Waals surface area contributed by atoms with E-state index in [0.717, 1.165) is 3.57 Å². The zero-order valence-corrected chi connectivity index (χ0v) is 11.9. The van der Waals surface area contributed by atoms with Crippen molar-refractivity contribution < 1.29 is 4.79 Å². The number of aryl methyl sites for hydroxylation is 1. The fraction of sp³-hybridized carbons (Fsp3) is 0.167. The van der Waals surface area contributed by atoms with Crippen LogP contribution in [0.15, 0.2) is 35.1 Å². The van der Waals surface area contributed by atoms with Crippen LogP contribution in [0.2, 0.25) is 0 Å². The molecule has 0 atom stereocenters. The van der Waals surface area contributed by atoms with Gasteiger partial charge >= 0.3 is 0 Å². The molecule has 0 aliphatic heterocycles. The summed E-state index contributed by atoms with van der Waals surface area (Å²) < 4.78 is 2.45. The van der Waals surface area contributed by atoms with Gasteiger partial charge in [-0.2, -0.15) is 0 Å². The number of halogens is 1. The first kappa shape index (κ1) is 12.9. The Labute approximate surface area is 117 Å². The molecule has 6 heteroatoms. The molecule has 0 radical (unpaired) electrons. The number of carbonyl (C=O) groups is 1. The minimum absolute atomic E-state index is 0.117. The van der Waals surface area contributed by atoms with Crippen LogP contribution in [0.1, 0.15) is 16.1 Å². The van der Waals surface area contributed by atoms with Crippen molar-refractivity contribution in [1.29, 1.82) is 0 Å². The van der Waals surface area contributed by atoms with Gasteiger partial charge in [-0.1, -0.05) is 0 Å². The van der Waals surface area contributed by atoms with Gasteiger partial charge in [0, 0.05) is 22.2 Å². The molecule has 0 spiro atoms. The molecule has 2 aromatic rings. The van der Waals surface area contributed by atoms with Crippen molar-refractivity contribution in [2.24, 2.45) is 7.05 Å². The molecule has 1 heterocycles. The Kier molecular flexibility index (Phi) is 3.85. The van der Waals surface area contributed by atoms with Gasteiger partial charge in [-0.25, -0.2) is 0 Å². The van der Waals surface area contributed by atoms with Crippen molar-refractivity contribution in [2.45, 2.75) is 6.54 Å². The van der Waals surface area contributed by atoms with Crippen LogP contribution >= 0.6 is 22.6 Å². The zero-order chi connectivity index (χ0) is 13.1. The molecule has 1 aromatic heterocycles. The van der Waals surface area contributed by atoms with Gasteiger partial charge in [0.2, 0.25) is 0 Å². The third-order valence-corrected chi connectivity index (χ3v) is 3.20. The van der Waals surface area contributed by atoms with Crippen molar-refractivity contribution in [2.75, 3.05) is 0 Å². The van der Waals surface area contributed by atoms with Crippen molar-refractivity contribution in [3.05, 3.63) is 55.5 Å². The number of H-pyrrole nitrogens is 1. The number of aromatic nitrogens is 2. The molecular formula is C12H12IN3O2. The molecule has 0 saturated carbocycles. The van der Waals surface area contributed by atoms with E-state index < -0.39 is 0 Å². The molecule has 1 aromatic carbocycles. The van der Waals surface area contributed by atoms with Crippen molar-refractivity contribution in [1.82, 2.24) is 15.1 Å². The summed E-state index contributed by atoms with van der Waals surface area (Å²) in [6.45, 7) is 0.306. The quantitative estimate of drug-likeness (QED) is 0.812. The first-order chi connectivity index (χ1) is 8.56. The van der Waals surface area contributed by atoms with E-state index in [-0.39, 0.29) is 11.5 Å². The molecule has 94 valence electrons. The van der Waals surface area contributed by atoms with Gasteiger partial charge < -0.3 is 5.32 Å². The summed E-state index contributed by atoms with van der Waals surface area (Å²) in [6, 6.07) is 8.75. The summed E-state index contributed by atoms with van der Waals surface area (Å²) in [7, 11) is 1.63. The molecule has 0 unspecified atom stereocenters. The molecule has 5 nitrogen and oxygen atoms in total. The molecule has 0 aliphatic rings. The maximum Gasteiger partial charge on any atom is 0.266 e. The average Bonchev–Trinajstić information content (AvgIpc) is 2.67. The smallest absolute Gasteiger partial charge is 0.266 e. The van der Waals surface area contributed by atoms with Crippen molar-refractivity contribution >= 4 is 28.5 Å². The van der Waals surface area contributed by atoms with Crippen LogP contribution < -0.4 is 10.9 Å². The molecule has 18 heavy (non-hydrogen) atoms.